The molecule has 0 amide bonds. The lowest BCUT2D eigenvalue weighted by Gasteiger charge is -2.37. The van der Waals surface area contributed by atoms with E-state index in [2.05, 4.69) is 19.2 Å². The summed E-state index contributed by atoms with van der Waals surface area (Å²) in [7, 11) is 0. The molecule has 0 aromatic rings. The zero-order valence-corrected chi connectivity index (χ0v) is 12.3. The zero-order valence-electron chi connectivity index (χ0n) is 12.3. The van der Waals surface area contributed by atoms with Crippen LogP contribution in [0.2, 0.25) is 0 Å². The van der Waals surface area contributed by atoms with E-state index in [-0.39, 0.29) is 5.60 Å². The lowest BCUT2D eigenvalue weighted by molar-refractivity contribution is -0.0703. The van der Waals surface area contributed by atoms with Gasteiger partial charge in [-0.25, -0.2) is 0 Å². The van der Waals surface area contributed by atoms with Gasteiger partial charge in [0, 0.05) is 19.2 Å². The molecule has 18 heavy (non-hydrogen) atoms. The van der Waals surface area contributed by atoms with Crippen LogP contribution in [-0.2, 0) is 4.74 Å². The number of hydrogen-bond donors (Lipinski definition) is 1. The lowest BCUT2D eigenvalue weighted by atomic mass is 9.84. The van der Waals surface area contributed by atoms with Crippen LogP contribution in [0.3, 0.4) is 0 Å². The standard InChI is InChI=1S/C16H31NO/c1-14(2)7-6-12-18-16(10-4-3-5-11-16)13-17-15-8-9-15/h14-15,17H,3-13H2,1-2H3. The van der Waals surface area contributed by atoms with Crippen LogP contribution in [-0.4, -0.2) is 24.8 Å². The highest BCUT2D eigenvalue weighted by molar-refractivity contribution is 4.91. The van der Waals surface area contributed by atoms with Crippen LogP contribution in [0.5, 0.6) is 0 Å². The number of ether oxygens (including phenoxy) is 1. The first-order valence-corrected chi connectivity index (χ1v) is 8.08. The van der Waals surface area contributed by atoms with Gasteiger partial charge in [0.1, 0.15) is 0 Å². The summed E-state index contributed by atoms with van der Waals surface area (Å²) in [6.45, 7) is 6.65. The maximum Gasteiger partial charge on any atom is 0.0806 e. The van der Waals surface area contributed by atoms with Crippen molar-refractivity contribution in [2.75, 3.05) is 13.2 Å². The highest BCUT2D eigenvalue weighted by Crippen LogP contribution is 2.32. The van der Waals surface area contributed by atoms with E-state index in [0.29, 0.717) is 0 Å². The Labute approximate surface area is 113 Å². The topological polar surface area (TPSA) is 21.3 Å². The fourth-order valence-electron chi connectivity index (χ4n) is 2.97. The van der Waals surface area contributed by atoms with Gasteiger partial charge in [-0.15, -0.1) is 0 Å². The quantitative estimate of drug-likeness (QED) is 0.663. The van der Waals surface area contributed by atoms with E-state index in [1.165, 1.54) is 57.8 Å². The summed E-state index contributed by atoms with van der Waals surface area (Å²) in [5, 5.41) is 3.69. The van der Waals surface area contributed by atoms with Crippen LogP contribution in [0.1, 0.15) is 71.6 Å². The van der Waals surface area contributed by atoms with Crippen molar-refractivity contribution in [2.45, 2.75) is 83.3 Å². The maximum absolute atomic E-state index is 6.34. The fraction of sp³-hybridized carbons (Fsp3) is 1.00. The Morgan fingerprint density at radius 1 is 1.17 bits per heavy atom. The Kier molecular flexibility index (Phi) is 5.50. The molecule has 0 atom stereocenters. The van der Waals surface area contributed by atoms with Gasteiger partial charge >= 0.3 is 0 Å². The van der Waals surface area contributed by atoms with Gasteiger partial charge < -0.3 is 10.1 Å². The van der Waals surface area contributed by atoms with E-state index in [1.54, 1.807) is 0 Å². The third-order valence-corrected chi connectivity index (χ3v) is 4.39. The molecule has 0 radical (unpaired) electrons. The predicted octanol–water partition coefficient (Wildman–Crippen LogP) is 3.89. The van der Waals surface area contributed by atoms with Gasteiger partial charge in [-0.3, -0.25) is 0 Å². The first-order chi connectivity index (χ1) is 8.70. The summed E-state index contributed by atoms with van der Waals surface area (Å²) < 4.78 is 6.34. The predicted molar refractivity (Wildman–Crippen MR) is 76.9 cm³/mol. The van der Waals surface area contributed by atoms with Crippen LogP contribution >= 0.6 is 0 Å². The molecule has 0 bridgehead atoms. The van der Waals surface area contributed by atoms with Crippen LogP contribution in [0, 0.1) is 5.92 Å². The monoisotopic (exact) mass is 253 g/mol. The van der Waals surface area contributed by atoms with Gasteiger partial charge in [0.05, 0.1) is 5.60 Å². The van der Waals surface area contributed by atoms with Crippen molar-refractivity contribution in [3.63, 3.8) is 0 Å². The van der Waals surface area contributed by atoms with Crippen molar-refractivity contribution < 1.29 is 4.74 Å². The second-order valence-electron chi connectivity index (χ2n) is 6.78. The summed E-state index contributed by atoms with van der Waals surface area (Å²) in [6.07, 6.45) is 11.9. The van der Waals surface area contributed by atoms with Crippen molar-refractivity contribution >= 4 is 0 Å². The van der Waals surface area contributed by atoms with Crippen LogP contribution in [0.25, 0.3) is 0 Å². The number of hydrogen-bond acceptors (Lipinski definition) is 2. The lowest BCUT2D eigenvalue weighted by Crippen LogP contribution is -2.45. The molecule has 0 aromatic carbocycles. The normalized spacial score (nSPS) is 23.5. The SMILES string of the molecule is CC(C)CCCOC1(CNC2CC2)CCCCC1. The maximum atomic E-state index is 6.34. The highest BCUT2D eigenvalue weighted by atomic mass is 16.5. The Hall–Kier alpha value is -0.0800. The first-order valence-electron chi connectivity index (χ1n) is 8.08. The Morgan fingerprint density at radius 2 is 1.89 bits per heavy atom. The van der Waals surface area contributed by atoms with Gasteiger partial charge in [0.25, 0.3) is 0 Å². The van der Waals surface area contributed by atoms with E-state index in [9.17, 15) is 0 Å². The van der Waals surface area contributed by atoms with Gasteiger partial charge in [0.15, 0.2) is 0 Å². The second-order valence-corrected chi connectivity index (χ2v) is 6.78. The molecule has 0 heterocycles. The number of nitrogens with one attached hydrogen (secondary N) is 1. The molecular weight excluding hydrogens is 222 g/mol. The van der Waals surface area contributed by atoms with Crippen LogP contribution < -0.4 is 5.32 Å². The minimum absolute atomic E-state index is 0.178. The third-order valence-electron chi connectivity index (χ3n) is 4.39. The van der Waals surface area contributed by atoms with Gasteiger partial charge in [0.2, 0.25) is 0 Å². The summed E-state index contributed by atoms with van der Waals surface area (Å²) >= 11 is 0. The van der Waals surface area contributed by atoms with E-state index in [1.807, 2.05) is 0 Å². The average Bonchev–Trinajstić information content (AvgIpc) is 3.18. The van der Waals surface area contributed by atoms with Crippen molar-refractivity contribution in [1.29, 1.82) is 0 Å². The molecular formula is C16H31NO. The highest BCUT2D eigenvalue weighted by Gasteiger charge is 2.34. The zero-order chi connectivity index (χ0) is 12.8. The number of rotatable bonds is 8. The summed E-state index contributed by atoms with van der Waals surface area (Å²) in [5.41, 5.74) is 0.178. The van der Waals surface area contributed by atoms with E-state index < -0.39 is 0 Å². The Balaban J connectivity index is 1.71. The Bertz CT molecular complexity index is 229. The molecule has 2 rings (SSSR count). The minimum atomic E-state index is 0.178. The first kappa shape index (κ1) is 14.3. The molecule has 0 saturated heterocycles. The fourth-order valence-corrected chi connectivity index (χ4v) is 2.97. The van der Waals surface area contributed by atoms with Gasteiger partial charge in [-0.2, -0.15) is 0 Å². The third kappa shape index (κ3) is 4.89. The van der Waals surface area contributed by atoms with Crippen LogP contribution in [0.4, 0.5) is 0 Å². The van der Waals surface area contributed by atoms with E-state index in [4.69, 9.17) is 4.74 Å². The molecule has 2 aliphatic carbocycles. The smallest absolute Gasteiger partial charge is 0.0806 e. The van der Waals surface area contributed by atoms with Crippen molar-refractivity contribution in [1.82, 2.24) is 5.32 Å². The van der Waals surface area contributed by atoms with E-state index in [0.717, 1.165) is 25.1 Å². The molecule has 2 aliphatic rings. The molecule has 0 unspecified atom stereocenters. The summed E-state index contributed by atoms with van der Waals surface area (Å²) in [5.74, 6) is 0.806. The van der Waals surface area contributed by atoms with E-state index >= 15 is 0 Å². The van der Waals surface area contributed by atoms with Gasteiger partial charge in [-0.1, -0.05) is 33.1 Å². The van der Waals surface area contributed by atoms with Gasteiger partial charge in [-0.05, 0) is 44.4 Å². The average molecular weight is 253 g/mol. The molecule has 0 aromatic heterocycles. The molecule has 2 fully saturated rings. The van der Waals surface area contributed by atoms with Crippen molar-refractivity contribution in [2.24, 2.45) is 5.92 Å². The summed E-state index contributed by atoms with van der Waals surface area (Å²) in [4.78, 5) is 0. The molecule has 2 saturated carbocycles. The molecule has 106 valence electrons. The molecule has 1 N–H and O–H groups in total. The van der Waals surface area contributed by atoms with Crippen LogP contribution in [0.15, 0.2) is 0 Å². The molecule has 2 nitrogen and oxygen atoms in total. The molecule has 0 aliphatic heterocycles. The molecule has 0 spiro atoms. The second kappa shape index (κ2) is 6.91. The van der Waals surface area contributed by atoms with Crippen molar-refractivity contribution in [3.8, 4) is 0 Å². The minimum Gasteiger partial charge on any atom is -0.374 e. The Morgan fingerprint density at radius 3 is 2.50 bits per heavy atom. The molecule has 2 heteroatoms. The van der Waals surface area contributed by atoms with Crippen molar-refractivity contribution in [3.05, 3.63) is 0 Å². The largest absolute Gasteiger partial charge is 0.374 e. The summed E-state index contributed by atoms with van der Waals surface area (Å²) in [6, 6.07) is 0.808.